The average Bonchev–Trinajstić information content (AvgIpc) is 3.33. The summed E-state index contributed by atoms with van der Waals surface area (Å²) in [6.45, 7) is 6.70. The van der Waals surface area contributed by atoms with Gasteiger partial charge >= 0.3 is 5.97 Å². The minimum absolute atomic E-state index is 0.116. The highest BCUT2D eigenvalue weighted by atomic mass is 16.5. The Balaban J connectivity index is 1.35. The molecule has 0 bridgehead atoms. The minimum atomic E-state index is -1.33. The lowest BCUT2D eigenvalue weighted by atomic mass is 9.93. The second kappa shape index (κ2) is 12.4. The van der Waals surface area contributed by atoms with Gasteiger partial charge in [-0.25, -0.2) is 14.5 Å². The molecule has 2 aromatic heterocycles. The maximum Gasteiger partial charge on any atom is 0.330 e. The first-order valence-electron chi connectivity index (χ1n) is 16.2. The van der Waals surface area contributed by atoms with Gasteiger partial charge in [-0.05, 0) is 69.6 Å². The maximum atomic E-state index is 13.8. The molecule has 11 heteroatoms. The summed E-state index contributed by atoms with van der Waals surface area (Å²) in [5.41, 5.74) is 1.16. The summed E-state index contributed by atoms with van der Waals surface area (Å²) in [6, 6.07) is 7.59. The predicted molar refractivity (Wildman–Crippen MR) is 172 cm³/mol. The Morgan fingerprint density at radius 3 is 2.63 bits per heavy atom. The van der Waals surface area contributed by atoms with Crippen LogP contribution in [0.5, 0.6) is 11.5 Å². The lowest BCUT2D eigenvalue weighted by Crippen LogP contribution is -2.49. The summed E-state index contributed by atoms with van der Waals surface area (Å²) in [7, 11) is 3.39. The van der Waals surface area contributed by atoms with Crippen molar-refractivity contribution in [2.24, 2.45) is 17.8 Å². The molecule has 2 N–H and O–H groups in total. The molecule has 0 spiro atoms. The molecule has 3 aliphatic rings. The summed E-state index contributed by atoms with van der Waals surface area (Å²) in [5, 5.41) is 18.4. The number of allylic oxidation sites excluding steroid dienone is 1. The third-order valence-corrected chi connectivity index (χ3v) is 9.86. The molecule has 3 heterocycles. The number of rotatable bonds is 6. The van der Waals surface area contributed by atoms with Gasteiger partial charge in [0.05, 0.1) is 30.2 Å². The third-order valence-electron chi connectivity index (χ3n) is 9.86. The van der Waals surface area contributed by atoms with Crippen LogP contribution in [-0.2, 0) is 14.4 Å². The lowest BCUT2D eigenvalue weighted by Gasteiger charge is -2.26. The molecule has 6 rings (SSSR count). The number of methoxy groups -OCH3 is 1. The second-order valence-electron chi connectivity index (χ2n) is 13.3. The highest BCUT2D eigenvalue weighted by Crippen LogP contribution is 2.47. The molecule has 244 valence electrons. The maximum absolute atomic E-state index is 13.8. The summed E-state index contributed by atoms with van der Waals surface area (Å²) < 4.78 is 14.0. The van der Waals surface area contributed by atoms with Crippen LogP contribution in [0.4, 0.5) is 0 Å². The van der Waals surface area contributed by atoms with Gasteiger partial charge in [0.2, 0.25) is 11.8 Å². The molecule has 0 radical (unpaired) electrons. The van der Waals surface area contributed by atoms with E-state index in [4.69, 9.17) is 19.6 Å². The van der Waals surface area contributed by atoms with Crippen molar-refractivity contribution in [1.29, 1.82) is 0 Å². The van der Waals surface area contributed by atoms with Crippen LogP contribution in [-0.4, -0.2) is 74.9 Å². The third kappa shape index (κ3) is 5.83. The Morgan fingerprint density at radius 2 is 1.91 bits per heavy atom. The van der Waals surface area contributed by atoms with Gasteiger partial charge in [-0.3, -0.25) is 9.59 Å². The van der Waals surface area contributed by atoms with E-state index in [-0.39, 0.29) is 24.2 Å². The number of fused-ring (bicyclic) bond motifs is 3. The highest BCUT2D eigenvalue weighted by molar-refractivity contribution is 5.94. The standard InChI is InChI=1S/C35H43N5O6/c1-20(2)27-13-15-40(38-27)30-18-29(24-11-12-28(45-5)21(3)31(24)36-30)46-23-16-25-26(17-23)33(42)39(4)14-9-7-6-8-10-22-19-35(22,34(43)44)37-32(25)41/h8,10-13,15,18,20,22-23,25-26H,6-7,9,14,16-17,19H2,1-5H3,(H,37,41)(H,43,44)/b10-8-/t22?,23-,25-,26-,35-/m1/s1. The van der Waals surface area contributed by atoms with Crippen LogP contribution in [0.15, 0.2) is 42.6 Å². The fourth-order valence-electron chi connectivity index (χ4n) is 6.95. The van der Waals surface area contributed by atoms with Gasteiger partial charge in [0.15, 0.2) is 5.82 Å². The average molecular weight is 630 g/mol. The number of amides is 2. The fraction of sp³-hybridized carbons (Fsp3) is 0.514. The normalized spacial score (nSPS) is 27.5. The minimum Gasteiger partial charge on any atom is -0.496 e. The van der Waals surface area contributed by atoms with Crippen molar-refractivity contribution in [2.45, 2.75) is 76.9 Å². The van der Waals surface area contributed by atoms with E-state index < -0.39 is 35.4 Å². The molecule has 3 aromatic rings. The largest absolute Gasteiger partial charge is 0.496 e. The highest BCUT2D eigenvalue weighted by Gasteiger charge is 2.61. The van der Waals surface area contributed by atoms with Crippen LogP contribution < -0.4 is 14.8 Å². The fourth-order valence-corrected chi connectivity index (χ4v) is 6.95. The van der Waals surface area contributed by atoms with E-state index in [1.165, 1.54) is 0 Å². The molecule has 1 aliphatic heterocycles. The molecule has 2 saturated carbocycles. The summed E-state index contributed by atoms with van der Waals surface area (Å²) in [5.74, 6) is -1.11. The van der Waals surface area contributed by atoms with E-state index in [0.29, 0.717) is 42.2 Å². The summed E-state index contributed by atoms with van der Waals surface area (Å²) in [6.07, 6.45) is 8.79. The number of aromatic nitrogens is 3. The number of aryl methyl sites for hydroxylation is 1. The van der Waals surface area contributed by atoms with Crippen molar-refractivity contribution in [3.63, 3.8) is 0 Å². The van der Waals surface area contributed by atoms with Crippen molar-refractivity contribution < 1.29 is 29.0 Å². The van der Waals surface area contributed by atoms with E-state index in [0.717, 1.165) is 35.9 Å². The molecule has 5 atom stereocenters. The number of carboxylic acid groups (broad SMARTS) is 1. The Labute approximate surface area is 268 Å². The topological polar surface area (TPSA) is 136 Å². The number of carbonyl (C=O) groups excluding carboxylic acids is 2. The van der Waals surface area contributed by atoms with Crippen LogP contribution in [0, 0.1) is 24.7 Å². The van der Waals surface area contributed by atoms with Crippen LogP contribution in [0.2, 0.25) is 0 Å². The zero-order valence-corrected chi connectivity index (χ0v) is 27.2. The van der Waals surface area contributed by atoms with E-state index in [1.54, 1.807) is 23.7 Å². The zero-order valence-electron chi connectivity index (χ0n) is 27.2. The van der Waals surface area contributed by atoms with Crippen LogP contribution in [0.1, 0.15) is 69.5 Å². The molecular weight excluding hydrogens is 586 g/mol. The number of pyridine rings is 1. The predicted octanol–water partition coefficient (Wildman–Crippen LogP) is 4.79. The van der Waals surface area contributed by atoms with Crippen molar-refractivity contribution in [2.75, 3.05) is 20.7 Å². The number of nitrogens with one attached hydrogen (secondary N) is 1. The van der Waals surface area contributed by atoms with Gasteiger partial charge in [0.25, 0.3) is 0 Å². The van der Waals surface area contributed by atoms with E-state index >= 15 is 0 Å². The van der Waals surface area contributed by atoms with Gasteiger partial charge < -0.3 is 24.8 Å². The van der Waals surface area contributed by atoms with Gasteiger partial charge in [-0.2, -0.15) is 5.10 Å². The first-order chi connectivity index (χ1) is 22.0. The number of nitrogens with zero attached hydrogens (tertiary/aromatic N) is 4. The molecule has 0 saturated heterocycles. The van der Waals surface area contributed by atoms with Crippen LogP contribution in [0.3, 0.4) is 0 Å². The summed E-state index contributed by atoms with van der Waals surface area (Å²) in [4.78, 5) is 46.6. The first-order valence-corrected chi connectivity index (χ1v) is 16.2. The number of hydrogen-bond donors (Lipinski definition) is 2. The Bertz CT molecular complexity index is 1700. The van der Waals surface area contributed by atoms with E-state index in [2.05, 4.69) is 19.2 Å². The zero-order chi connectivity index (χ0) is 32.7. The van der Waals surface area contributed by atoms with Gasteiger partial charge in [-0.15, -0.1) is 0 Å². The molecule has 11 nitrogen and oxygen atoms in total. The molecule has 2 aliphatic carbocycles. The van der Waals surface area contributed by atoms with Crippen molar-refractivity contribution in [1.82, 2.24) is 25.0 Å². The van der Waals surface area contributed by atoms with Crippen LogP contribution in [0.25, 0.3) is 16.7 Å². The lowest BCUT2D eigenvalue weighted by molar-refractivity contribution is -0.145. The number of benzene rings is 1. The number of ether oxygens (including phenoxy) is 2. The van der Waals surface area contributed by atoms with Crippen molar-refractivity contribution >= 4 is 28.7 Å². The Hall–Kier alpha value is -4.41. The van der Waals surface area contributed by atoms with Gasteiger partial charge in [0, 0.05) is 42.7 Å². The molecule has 46 heavy (non-hydrogen) atoms. The van der Waals surface area contributed by atoms with Crippen molar-refractivity contribution in [3.8, 4) is 17.3 Å². The monoisotopic (exact) mass is 629 g/mol. The van der Waals surface area contributed by atoms with Gasteiger partial charge in [-0.1, -0.05) is 26.0 Å². The number of hydrogen-bond acceptors (Lipinski definition) is 7. The quantitative estimate of drug-likeness (QED) is 0.372. The first kappa shape index (κ1) is 31.6. The Kier molecular flexibility index (Phi) is 8.52. The molecule has 2 fully saturated rings. The molecular formula is C35H43N5O6. The SMILES string of the molecule is COc1ccc2c(O[C@@H]3C[C@H]4C(=O)N[C@]5(C(=O)O)CC5/C=C\CCCCN(C)C(=O)[C@@H]4C3)cc(-n3ccc(C(C)C)n3)nc2c1C. The number of carboxylic acids is 1. The van der Waals surface area contributed by atoms with E-state index in [1.807, 2.05) is 49.5 Å². The number of aliphatic carboxylic acids is 1. The van der Waals surface area contributed by atoms with E-state index in [9.17, 15) is 19.5 Å². The number of carbonyl (C=O) groups is 3. The van der Waals surface area contributed by atoms with Gasteiger partial charge in [0.1, 0.15) is 23.1 Å². The molecule has 1 aromatic carbocycles. The van der Waals surface area contributed by atoms with Crippen molar-refractivity contribution in [3.05, 3.63) is 53.9 Å². The van der Waals surface area contributed by atoms with Crippen LogP contribution >= 0.6 is 0 Å². The smallest absolute Gasteiger partial charge is 0.330 e. The molecule has 1 unspecified atom stereocenters. The molecule has 2 amide bonds. The Morgan fingerprint density at radius 1 is 1.13 bits per heavy atom. The second-order valence-corrected chi connectivity index (χ2v) is 13.3. The summed E-state index contributed by atoms with van der Waals surface area (Å²) >= 11 is 0.